The Bertz CT molecular complexity index is 620. The monoisotopic (exact) mass is 243 g/mol. The fourth-order valence-electron chi connectivity index (χ4n) is 2.02. The van der Waals surface area contributed by atoms with Gasteiger partial charge in [-0.1, -0.05) is 30.3 Å². The van der Waals surface area contributed by atoms with Crippen molar-refractivity contribution >= 4 is 28.3 Å². The van der Waals surface area contributed by atoms with Crippen LogP contribution in [-0.2, 0) is 9.59 Å². The number of amides is 2. The smallest absolute Gasteiger partial charge is 0.230 e. The number of hydrogen-bond donors (Lipinski definition) is 1. The first-order chi connectivity index (χ1) is 8.52. The number of imide groups is 1. The number of nitrogens with zero attached hydrogens (tertiary/aromatic N) is 1. The molecule has 2 aromatic rings. The summed E-state index contributed by atoms with van der Waals surface area (Å²) in [6, 6.07) is 10.5. The molecule has 0 fully saturated rings. The van der Waals surface area contributed by atoms with Gasteiger partial charge < -0.3 is 5.11 Å². The standard InChI is InChI=1S/C14H13NO3/c1-9(16)15(10(2)17)14-12-6-4-3-5-11(12)7-8-13(14)18/h3-8,18H,1-2H3. The Hall–Kier alpha value is -2.36. The van der Waals surface area contributed by atoms with Crippen LogP contribution in [0.1, 0.15) is 13.8 Å². The second-order valence-corrected chi connectivity index (χ2v) is 4.03. The van der Waals surface area contributed by atoms with Crippen molar-refractivity contribution in [3.63, 3.8) is 0 Å². The molecule has 0 heterocycles. The third-order valence-electron chi connectivity index (χ3n) is 2.73. The van der Waals surface area contributed by atoms with Gasteiger partial charge in [-0.2, -0.15) is 0 Å². The van der Waals surface area contributed by atoms with Crippen LogP contribution < -0.4 is 4.90 Å². The first kappa shape index (κ1) is 12.1. The van der Waals surface area contributed by atoms with Gasteiger partial charge in [-0.25, -0.2) is 4.90 Å². The molecule has 0 saturated heterocycles. The van der Waals surface area contributed by atoms with E-state index in [2.05, 4.69) is 0 Å². The molecule has 0 aromatic heterocycles. The average molecular weight is 243 g/mol. The summed E-state index contributed by atoms with van der Waals surface area (Å²) >= 11 is 0. The number of hydrogen-bond acceptors (Lipinski definition) is 3. The molecule has 18 heavy (non-hydrogen) atoms. The number of anilines is 1. The lowest BCUT2D eigenvalue weighted by Gasteiger charge is -2.20. The molecule has 4 nitrogen and oxygen atoms in total. The van der Waals surface area contributed by atoms with Gasteiger partial charge in [0.25, 0.3) is 0 Å². The molecule has 0 aliphatic carbocycles. The predicted octanol–water partition coefficient (Wildman–Crippen LogP) is 2.44. The summed E-state index contributed by atoms with van der Waals surface area (Å²) in [5.41, 5.74) is 0.244. The minimum atomic E-state index is -0.422. The molecule has 0 atom stereocenters. The van der Waals surface area contributed by atoms with Gasteiger partial charge in [-0.3, -0.25) is 9.59 Å². The van der Waals surface area contributed by atoms with Gasteiger partial charge in [-0.15, -0.1) is 0 Å². The van der Waals surface area contributed by atoms with Crippen LogP contribution in [0.15, 0.2) is 36.4 Å². The lowest BCUT2D eigenvalue weighted by molar-refractivity contribution is -0.124. The van der Waals surface area contributed by atoms with E-state index in [1.807, 2.05) is 12.1 Å². The average Bonchev–Trinajstić information content (AvgIpc) is 2.31. The van der Waals surface area contributed by atoms with Crippen molar-refractivity contribution in [1.82, 2.24) is 0 Å². The summed E-state index contributed by atoms with van der Waals surface area (Å²) in [7, 11) is 0. The molecule has 0 radical (unpaired) electrons. The van der Waals surface area contributed by atoms with Crippen LogP contribution in [0.4, 0.5) is 5.69 Å². The van der Waals surface area contributed by atoms with Crippen molar-refractivity contribution in [3.8, 4) is 5.75 Å². The molecule has 2 amide bonds. The zero-order chi connectivity index (χ0) is 13.3. The number of phenols is 1. The van der Waals surface area contributed by atoms with Gasteiger partial charge in [0.15, 0.2) is 0 Å². The maximum atomic E-state index is 11.6. The fraction of sp³-hybridized carbons (Fsp3) is 0.143. The number of carbonyl (C=O) groups is 2. The molecule has 4 heteroatoms. The summed E-state index contributed by atoms with van der Waals surface area (Å²) in [4.78, 5) is 24.1. The van der Waals surface area contributed by atoms with Crippen molar-refractivity contribution in [2.75, 3.05) is 4.90 Å². The van der Waals surface area contributed by atoms with Crippen LogP contribution in [0.5, 0.6) is 5.75 Å². The van der Waals surface area contributed by atoms with Crippen LogP contribution >= 0.6 is 0 Å². The third-order valence-corrected chi connectivity index (χ3v) is 2.73. The maximum Gasteiger partial charge on any atom is 0.230 e. The second kappa shape index (κ2) is 4.49. The first-order valence-corrected chi connectivity index (χ1v) is 5.54. The lowest BCUT2D eigenvalue weighted by Crippen LogP contribution is -2.33. The normalized spacial score (nSPS) is 10.3. The van der Waals surface area contributed by atoms with Crippen LogP contribution in [0.3, 0.4) is 0 Å². The van der Waals surface area contributed by atoms with Crippen molar-refractivity contribution in [1.29, 1.82) is 0 Å². The fourth-order valence-corrected chi connectivity index (χ4v) is 2.02. The molecule has 0 unspecified atom stereocenters. The Morgan fingerprint density at radius 2 is 1.61 bits per heavy atom. The van der Waals surface area contributed by atoms with E-state index in [0.29, 0.717) is 5.39 Å². The van der Waals surface area contributed by atoms with Gasteiger partial charge in [-0.05, 0) is 11.5 Å². The van der Waals surface area contributed by atoms with Crippen molar-refractivity contribution < 1.29 is 14.7 Å². The Morgan fingerprint density at radius 1 is 1.00 bits per heavy atom. The highest BCUT2D eigenvalue weighted by atomic mass is 16.3. The summed E-state index contributed by atoms with van der Waals surface area (Å²) in [5.74, 6) is -0.928. The minimum absolute atomic E-state index is 0.0842. The number of fused-ring (bicyclic) bond motifs is 1. The van der Waals surface area contributed by atoms with Crippen LogP contribution in [0, 0.1) is 0 Å². The van der Waals surface area contributed by atoms with Crippen molar-refractivity contribution in [2.45, 2.75) is 13.8 Å². The highest BCUT2D eigenvalue weighted by Gasteiger charge is 2.21. The SMILES string of the molecule is CC(=O)N(C(C)=O)c1c(O)ccc2ccccc12. The molecule has 92 valence electrons. The van der Waals surface area contributed by atoms with Gasteiger partial charge in [0, 0.05) is 19.2 Å². The highest BCUT2D eigenvalue weighted by Crippen LogP contribution is 2.35. The molecule has 0 aliphatic heterocycles. The third kappa shape index (κ3) is 1.93. The number of aromatic hydroxyl groups is 1. The van der Waals surface area contributed by atoms with E-state index in [-0.39, 0.29) is 11.4 Å². The van der Waals surface area contributed by atoms with Gasteiger partial charge >= 0.3 is 0 Å². The van der Waals surface area contributed by atoms with Gasteiger partial charge in [0.1, 0.15) is 11.4 Å². The molecule has 0 aliphatic rings. The first-order valence-electron chi connectivity index (χ1n) is 5.54. The molecule has 0 bridgehead atoms. The number of carbonyl (C=O) groups excluding carboxylic acids is 2. The number of phenolic OH excluding ortho intramolecular Hbond substituents is 1. The van der Waals surface area contributed by atoms with E-state index in [9.17, 15) is 14.7 Å². The van der Waals surface area contributed by atoms with E-state index in [0.717, 1.165) is 10.3 Å². The highest BCUT2D eigenvalue weighted by molar-refractivity contribution is 6.19. The molecule has 2 rings (SSSR count). The van der Waals surface area contributed by atoms with Crippen molar-refractivity contribution in [3.05, 3.63) is 36.4 Å². The Morgan fingerprint density at radius 3 is 2.22 bits per heavy atom. The van der Waals surface area contributed by atoms with E-state index >= 15 is 0 Å². The molecule has 1 N–H and O–H groups in total. The molecular weight excluding hydrogens is 230 g/mol. The zero-order valence-corrected chi connectivity index (χ0v) is 10.2. The summed E-state index contributed by atoms with van der Waals surface area (Å²) in [5, 5.41) is 11.5. The second-order valence-electron chi connectivity index (χ2n) is 4.03. The van der Waals surface area contributed by atoms with E-state index in [4.69, 9.17) is 0 Å². The lowest BCUT2D eigenvalue weighted by atomic mass is 10.1. The van der Waals surface area contributed by atoms with E-state index in [1.54, 1.807) is 18.2 Å². The van der Waals surface area contributed by atoms with E-state index in [1.165, 1.54) is 19.9 Å². The van der Waals surface area contributed by atoms with Gasteiger partial charge in [0.05, 0.1) is 0 Å². The van der Waals surface area contributed by atoms with Crippen LogP contribution in [-0.4, -0.2) is 16.9 Å². The number of benzene rings is 2. The quantitative estimate of drug-likeness (QED) is 0.836. The largest absolute Gasteiger partial charge is 0.506 e. The Balaban J connectivity index is 2.79. The molecular formula is C14H13NO3. The Labute approximate surface area is 104 Å². The topological polar surface area (TPSA) is 57.6 Å². The zero-order valence-electron chi connectivity index (χ0n) is 10.2. The van der Waals surface area contributed by atoms with Crippen molar-refractivity contribution in [2.24, 2.45) is 0 Å². The van der Waals surface area contributed by atoms with Crippen LogP contribution in [0.25, 0.3) is 10.8 Å². The maximum absolute atomic E-state index is 11.6. The van der Waals surface area contributed by atoms with Gasteiger partial charge in [0.2, 0.25) is 11.8 Å². The summed E-state index contributed by atoms with van der Waals surface area (Å²) in [6.45, 7) is 2.59. The summed E-state index contributed by atoms with van der Waals surface area (Å²) in [6.07, 6.45) is 0. The molecule has 2 aromatic carbocycles. The number of rotatable bonds is 1. The van der Waals surface area contributed by atoms with Crippen LogP contribution in [0.2, 0.25) is 0 Å². The van der Waals surface area contributed by atoms with E-state index < -0.39 is 11.8 Å². The minimum Gasteiger partial charge on any atom is -0.506 e. The Kier molecular flexibility index (Phi) is 3.02. The molecule has 0 spiro atoms. The predicted molar refractivity (Wildman–Crippen MR) is 69.5 cm³/mol. The molecule has 0 saturated carbocycles. The summed E-state index contributed by atoms with van der Waals surface area (Å²) < 4.78 is 0.